The van der Waals surface area contributed by atoms with Gasteiger partial charge >= 0.3 is 11.9 Å². The number of aliphatic carboxylic acids is 1. The lowest BCUT2D eigenvalue weighted by molar-refractivity contribution is -0.167. The second-order valence-electron chi connectivity index (χ2n) is 9.31. The normalized spacial score (nSPS) is 26.8. The maximum atomic E-state index is 12.8. The number of rotatable bonds is 6. The second kappa shape index (κ2) is 9.05. The lowest BCUT2D eigenvalue weighted by Gasteiger charge is -2.34. The average Bonchev–Trinajstić information content (AvgIpc) is 2.58. The van der Waals surface area contributed by atoms with Gasteiger partial charge in [0.1, 0.15) is 6.10 Å². The molecule has 0 heterocycles. The smallest absolute Gasteiger partial charge is 0.310 e. The van der Waals surface area contributed by atoms with Gasteiger partial charge in [0.25, 0.3) is 0 Å². The van der Waals surface area contributed by atoms with Gasteiger partial charge in [0.15, 0.2) is 0 Å². The zero-order valence-electron chi connectivity index (χ0n) is 16.3. The highest BCUT2D eigenvalue weighted by atomic mass is 16.5. The van der Waals surface area contributed by atoms with Crippen molar-refractivity contribution in [3.8, 4) is 0 Å². The van der Waals surface area contributed by atoms with E-state index in [1.54, 1.807) is 0 Å². The van der Waals surface area contributed by atoms with Gasteiger partial charge < -0.3 is 9.84 Å². The van der Waals surface area contributed by atoms with Crippen LogP contribution in [0.1, 0.15) is 91.4 Å². The van der Waals surface area contributed by atoms with E-state index >= 15 is 0 Å². The first-order valence-electron chi connectivity index (χ1n) is 10.2. The lowest BCUT2D eigenvalue weighted by atomic mass is 9.78. The minimum absolute atomic E-state index is 0.0385. The summed E-state index contributed by atoms with van der Waals surface area (Å²) in [4.78, 5) is 24.3. The molecule has 0 saturated heterocycles. The third kappa shape index (κ3) is 6.31. The first-order chi connectivity index (χ1) is 11.8. The fourth-order valence-electron chi connectivity index (χ4n) is 4.42. The molecule has 0 radical (unpaired) electrons. The Morgan fingerprint density at radius 2 is 1.52 bits per heavy atom. The number of hydrogen-bond acceptors (Lipinski definition) is 3. The summed E-state index contributed by atoms with van der Waals surface area (Å²) in [7, 11) is 0. The summed E-state index contributed by atoms with van der Waals surface area (Å²) >= 11 is 0. The molecule has 0 aromatic heterocycles. The molecule has 0 amide bonds. The van der Waals surface area contributed by atoms with Crippen molar-refractivity contribution in [1.82, 2.24) is 0 Å². The molecular formula is C21H36O4. The van der Waals surface area contributed by atoms with Crippen LogP contribution in [0.25, 0.3) is 0 Å². The number of carboxylic acid groups (broad SMARTS) is 1. The van der Waals surface area contributed by atoms with Gasteiger partial charge in [-0.15, -0.1) is 0 Å². The molecule has 0 bridgehead atoms. The van der Waals surface area contributed by atoms with Crippen LogP contribution in [0.15, 0.2) is 0 Å². The minimum Gasteiger partial charge on any atom is -0.481 e. The Kier molecular flexibility index (Phi) is 7.33. The number of ether oxygens (including phenoxy) is 1. The highest BCUT2D eigenvalue weighted by molar-refractivity contribution is 5.81. The Balaban J connectivity index is 2.02. The number of hydrogen-bond donors (Lipinski definition) is 1. The summed E-state index contributed by atoms with van der Waals surface area (Å²) in [5, 5.41) is 9.44. The Labute approximate surface area is 152 Å². The molecule has 0 aromatic rings. The minimum atomic E-state index is -0.842. The largest absolute Gasteiger partial charge is 0.481 e. The SMILES string of the molecule is CC(C)(C)CCC(OC(=O)C1CCCCC1C(=O)O)C1CCCCC1. The highest BCUT2D eigenvalue weighted by Crippen LogP contribution is 2.36. The van der Waals surface area contributed by atoms with Crippen LogP contribution >= 0.6 is 0 Å². The van der Waals surface area contributed by atoms with Crippen LogP contribution in [0, 0.1) is 23.2 Å². The molecule has 25 heavy (non-hydrogen) atoms. The monoisotopic (exact) mass is 352 g/mol. The molecule has 2 aliphatic carbocycles. The van der Waals surface area contributed by atoms with Crippen molar-refractivity contribution in [2.45, 2.75) is 97.5 Å². The van der Waals surface area contributed by atoms with Gasteiger partial charge in [-0.3, -0.25) is 9.59 Å². The second-order valence-corrected chi connectivity index (χ2v) is 9.31. The Bertz CT molecular complexity index is 445. The molecular weight excluding hydrogens is 316 g/mol. The van der Waals surface area contributed by atoms with Crippen molar-refractivity contribution in [1.29, 1.82) is 0 Å². The van der Waals surface area contributed by atoms with Crippen LogP contribution in [-0.2, 0) is 14.3 Å². The molecule has 0 aromatic carbocycles. The molecule has 2 rings (SSSR count). The predicted octanol–water partition coefficient (Wildman–Crippen LogP) is 5.20. The molecule has 4 nitrogen and oxygen atoms in total. The lowest BCUT2D eigenvalue weighted by Crippen LogP contribution is -2.38. The first-order valence-corrected chi connectivity index (χ1v) is 10.2. The summed E-state index contributed by atoms with van der Waals surface area (Å²) in [6.45, 7) is 6.65. The standard InChI is InChI=1S/C21H36O4/c1-21(2,3)14-13-18(15-9-5-4-6-10-15)25-20(24)17-12-8-7-11-16(17)19(22)23/h15-18H,4-14H2,1-3H3,(H,22,23). The Morgan fingerprint density at radius 3 is 2.08 bits per heavy atom. The summed E-state index contributed by atoms with van der Waals surface area (Å²) in [5.41, 5.74) is 0.216. The topological polar surface area (TPSA) is 63.6 Å². The number of esters is 1. The Morgan fingerprint density at radius 1 is 0.960 bits per heavy atom. The number of carbonyl (C=O) groups is 2. The highest BCUT2D eigenvalue weighted by Gasteiger charge is 2.39. The van der Waals surface area contributed by atoms with Crippen molar-refractivity contribution < 1.29 is 19.4 Å². The summed E-state index contributed by atoms with van der Waals surface area (Å²) in [5.74, 6) is -1.66. The van der Waals surface area contributed by atoms with Crippen molar-refractivity contribution >= 4 is 11.9 Å². The van der Waals surface area contributed by atoms with Gasteiger partial charge in [-0.05, 0) is 49.9 Å². The molecule has 0 spiro atoms. The third-order valence-electron chi connectivity index (χ3n) is 6.01. The fourth-order valence-corrected chi connectivity index (χ4v) is 4.42. The van der Waals surface area contributed by atoms with E-state index in [2.05, 4.69) is 20.8 Å². The van der Waals surface area contributed by atoms with Crippen molar-refractivity contribution in [2.24, 2.45) is 23.2 Å². The molecule has 4 heteroatoms. The molecule has 0 aliphatic heterocycles. The van der Waals surface area contributed by atoms with Crippen LogP contribution in [-0.4, -0.2) is 23.1 Å². The van der Waals surface area contributed by atoms with Gasteiger partial charge in [-0.2, -0.15) is 0 Å². The molecule has 3 atom stereocenters. The fraction of sp³-hybridized carbons (Fsp3) is 0.905. The van der Waals surface area contributed by atoms with E-state index in [0.717, 1.165) is 38.5 Å². The van der Waals surface area contributed by atoms with Crippen LogP contribution in [0.3, 0.4) is 0 Å². The maximum absolute atomic E-state index is 12.8. The van der Waals surface area contributed by atoms with Gasteiger partial charge in [-0.25, -0.2) is 0 Å². The van der Waals surface area contributed by atoms with E-state index in [4.69, 9.17) is 4.74 Å². The predicted molar refractivity (Wildman–Crippen MR) is 98.2 cm³/mol. The summed E-state index contributed by atoms with van der Waals surface area (Å²) in [6.07, 6.45) is 10.9. The van der Waals surface area contributed by atoms with E-state index in [1.807, 2.05) is 0 Å². The summed E-state index contributed by atoms with van der Waals surface area (Å²) < 4.78 is 6.00. The summed E-state index contributed by atoms with van der Waals surface area (Å²) in [6, 6.07) is 0. The van der Waals surface area contributed by atoms with Crippen molar-refractivity contribution in [3.05, 3.63) is 0 Å². The number of carbonyl (C=O) groups excluding carboxylic acids is 1. The molecule has 2 aliphatic rings. The zero-order chi connectivity index (χ0) is 18.4. The third-order valence-corrected chi connectivity index (χ3v) is 6.01. The van der Waals surface area contributed by atoms with Crippen molar-refractivity contribution in [3.63, 3.8) is 0 Å². The van der Waals surface area contributed by atoms with Gasteiger partial charge in [0, 0.05) is 0 Å². The maximum Gasteiger partial charge on any atom is 0.310 e. The van der Waals surface area contributed by atoms with E-state index in [0.29, 0.717) is 18.8 Å². The van der Waals surface area contributed by atoms with Gasteiger partial charge in [-0.1, -0.05) is 52.9 Å². The molecule has 3 unspecified atom stereocenters. The van der Waals surface area contributed by atoms with Crippen LogP contribution in [0.5, 0.6) is 0 Å². The van der Waals surface area contributed by atoms with Crippen LogP contribution < -0.4 is 0 Å². The average molecular weight is 353 g/mol. The van der Waals surface area contributed by atoms with Gasteiger partial charge in [0.2, 0.25) is 0 Å². The van der Waals surface area contributed by atoms with E-state index in [9.17, 15) is 14.7 Å². The van der Waals surface area contributed by atoms with E-state index in [-0.39, 0.29) is 17.5 Å². The quantitative estimate of drug-likeness (QED) is 0.668. The van der Waals surface area contributed by atoms with Crippen LogP contribution in [0.2, 0.25) is 0 Å². The van der Waals surface area contributed by atoms with E-state index < -0.39 is 17.8 Å². The molecule has 2 saturated carbocycles. The molecule has 2 fully saturated rings. The van der Waals surface area contributed by atoms with Crippen molar-refractivity contribution in [2.75, 3.05) is 0 Å². The van der Waals surface area contributed by atoms with E-state index in [1.165, 1.54) is 19.3 Å². The number of carboxylic acids is 1. The zero-order valence-corrected chi connectivity index (χ0v) is 16.3. The first kappa shape index (κ1) is 20.3. The Hall–Kier alpha value is -1.06. The molecule has 1 N–H and O–H groups in total. The molecule has 144 valence electrons. The van der Waals surface area contributed by atoms with Gasteiger partial charge in [0.05, 0.1) is 11.8 Å². The van der Waals surface area contributed by atoms with Crippen LogP contribution in [0.4, 0.5) is 0 Å².